The number of carbonyl (C=O) groups excluding carboxylic acids is 1. The van der Waals surface area contributed by atoms with Gasteiger partial charge in [0.25, 0.3) is 5.91 Å². The number of halogens is 2. The van der Waals surface area contributed by atoms with Crippen LogP contribution in [0.25, 0.3) is 0 Å². The molecule has 2 heterocycles. The molecule has 8 heteroatoms. The lowest BCUT2D eigenvalue weighted by Gasteiger charge is -2.24. The molecular formula is C17H19F2N3O2S. The van der Waals surface area contributed by atoms with Crippen LogP contribution < -0.4 is 0 Å². The fourth-order valence-corrected chi connectivity index (χ4v) is 3.57. The van der Waals surface area contributed by atoms with E-state index in [-0.39, 0.29) is 5.56 Å². The molecule has 1 atom stereocenters. The third-order valence-corrected chi connectivity index (χ3v) is 5.02. The number of thiazole rings is 1. The predicted octanol–water partition coefficient (Wildman–Crippen LogP) is 2.19. The van der Waals surface area contributed by atoms with Crippen LogP contribution in [0.15, 0.2) is 29.8 Å². The van der Waals surface area contributed by atoms with E-state index < -0.39 is 23.6 Å². The van der Waals surface area contributed by atoms with E-state index in [0.717, 1.165) is 30.6 Å². The van der Waals surface area contributed by atoms with Crippen LogP contribution in [0.1, 0.15) is 23.1 Å². The average molecular weight is 367 g/mol. The van der Waals surface area contributed by atoms with Crippen molar-refractivity contribution in [2.24, 2.45) is 0 Å². The molecule has 0 aliphatic carbocycles. The topological polar surface area (TPSA) is 56.7 Å². The molecule has 1 saturated heterocycles. The van der Waals surface area contributed by atoms with E-state index >= 15 is 0 Å². The number of hydrogen-bond acceptors (Lipinski definition) is 5. The first-order valence-corrected chi connectivity index (χ1v) is 8.95. The van der Waals surface area contributed by atoms with Gasteiger partial charge in [-0.3, -0.25) is 9.69 Å². The maximum absolute atomic E-state index is 13.8. The van der Waals surface area contributed by atoms with Crippen molar-refractivity contribution in [3.05, 3.63) is 52.0 Å². The van der Waals surface area contributed by atoms with Crippen LogP contribution in [-0.4, -0.2) is 52.0 Å². The van der Waals surface area contributed by atoms with Crippen LogP contribution in [0.5, 0.6) is 0 Å². The van der Waals surface area contributed by atoms with E-state index in [4.69, 9.17) is 0 Å². The fraction of sp³-hybridized carbons (Fsp3) is 0.412. The first kappa shape index (κ1) is 17.9. The second-order valence-electron chi connectivity index (χ2n) is 5.93. The maximum Gasteiger partial charge on any atom is 0.256 e. The Hall–Kier alpha value is -1.90. The molecule has 1 amide bonds. The SMILES string of the molecule is O=C(C(O)c1cccc(F)c1F)N1CCCN(Cc2nccs2)CC1. The summed E-state index contributed by atoms with van der Waals surface area (Å²) in [5.74, 6) is -2.85. The number of hydrogen-bond donors (Lipinski definition) is 1. The average Bonchev–Trinajstić information content (AvgIpc) is 3.00. The number of aliphatic hydroxyl groups is 1. The quantitative estimate of drug-likeness (QED) is 0.900. The lowest BCUT2D eigenvalue weighted by atomic mass is 10.1. The fourth-order valence-electron chi connectivity index (χ4n) is 2.91. The number of amides is 1. The van der Waals surface area contributed by atoms with Crippen LogP contribution in [-0.2, 0) is 11.3 Å². The van der Waals surface area contributed by atoms with Crippen molar-refractivity contribution in [1.29, 1.82) is 0 Å². The van der Waals surface area contributed by atoms with E-state index in [1.807, 2.05) is 5.38 Å². The molecule has 1 unspecified atom stereocenters. The van der Waals surface area contributed by atoms with Crippen LogP contribution in [0.2, 0.25) is 0 Å². The Morgan fingerprint density at radius 2 is 2.12 bits per heavy atom. The van der Waals surface area contributed by atoms with Gasteiger partial charge in [-0.05, 0) is 12.5 Å². The van der Waals surface area contributed by atoms with Crippen LogP contribution >= 0.6 is 11.3 Å². The third-order valence-electron chi connectivity index (χ3n) is 4.25. The van der Waals surface area contributed by atoms with Gasteiger partial charge in [-0.25, -0.2) is 13.8 Å². The Balaban J connectivity index is 1.63. The summed E-state index contributed by atoms with van der Waals surface area (Å²) in [5, 5.41) is 13.1. The van der Waals surface area contributed by atoms with Crippen molar-refractivity contribution in [2.75, 3.05) is 26.2 Å². The molecule has 1 aliphatic rings. The minimum Gasteiger partial charge on any atom is -0.378 e. The summed E-state index contributed by atoms with van der Waals surface area (Å²) >= 11 is 1.59. The van der Waals surface area contributed by atoms with Crippen molar-refractivity contribution < 1.29 is 18.7 Å². The molecule has 1 fully saturated rings. The van der Waals surface area contributed by atoms with Crippen molar-refractivity contribution in [1.82, 2.24) is 14.8 Å². The third kappa shape index (κ3) is 4.20. The molecule has 0 saturated carbocycles. The number of aliphatic hydroxyl groups excluding tert-OH is 1. The van der Waals surface area contributed by atoms with Crippen LogP contribution in [0.3, 0.4) is 0 Å². The van der Waals surface area contributed by atoms with Crippen molar-refractivity contribution >= 4 is 17.2 Å². The van der Waals surface area contributed by atoms with Gasteiger partial charge in [0, 0.05) is 43.3 Å². The molecule has 25 heavy (non-hydrogen) atoms. The van der Waals surface area contributed by atoms with Crippen LogP contribution in [0, 0.1) is 11.6 Å². The molecule has 0 bridgehead atoms. The molecule has 0 radical (unpaired) electrons. The molecule has 1 aliphatic heterocycles. The van der Waals surface area contributed by atoms with Gasteiger partial charge in [0.2, 0.25) is 0 Å². The van der Waals surface area contributed by atoms with E-state index in [2.05, 4.69) is 9.88 Å². The monoisotopic (exact) mass is 367 g/mol. The number of benzene rings is 1. The summed E-state index contributed by atoms with van der Waals surface area (Å²) in [6.45, 7) is 3.08. The van der Waals surface area contributed by atoms with Gasteiger partial charge in [0.05, 0.1) is 6.54 Å². The zero-order valence-electron chi connectivity index (χ0n) is 13.6. The number of carbonyl (C=O) groups is 1. The zero-order valence-corrected chi connectivity index (χ0v) is 14.4. The minimum absolute atomic E-state index is 0.325. The molecule has 3 rings (SSSR count). The van der Waals surface area contributed by atoms with Crippen molar-refractivity contribution in [3.63, 3.8) is 0 Å². The molecule has 1 N–H and O–H groups in total. The summed E-state index contributed by atoms with van der Waals surface area (Å²) in [6, 6.07) is 3.47. The van der Waals surface area contributed by atoms with E-state index in [1.54, 1.807) is 17.5 Å². The minimum atomic E-state index is -1.69. The summed E-state index contributed by atoms with van der Waals surface area (Å²) in [4.78, 5) is 20.5. The van der Waals surface area contributed by atoms with Gasteiger partial charge in [-0.2, -0.15) is 0 Å². The highest BCUT2D eigenvalue weighted by atomic mass is 32.1. The first-order valence-electron chi connectivity index (χ1n) is 8.07. The predicted molar refractivity (Wildman–Crippen MR) is 89.9 cm³/mol. The van der Waals surface area contributed by atoms with Gasteiger partial charge < -0.3 is 10.0 Å². The summed E-state index contributed by atoms with van der Waals surface area (Å²) in [5.41, 5.74) is -0.325. The lowest BCUT2D eigenvalue weighted by molar-refractivity contribution is -0.140. The smallest absolute Gasteiger partial charge is 0.256 e. The van der Waals surface area contributed by atoms with Gasteiger partial charge in [0.15, 0.2) is 17.7 Å². The zero-order chi connectivity index (χ0) is 17.8. The molecule has 1 aromatic carbocycles. The second-order valence-corrected chi connectivity index (χ2v) is 6.91. The van der Waals surface area contributed by atoms with Crippen molar-refractivity contribution in [2.45, 2.75) is 19.1 Å². The largest absolute Gasteiger partial charge is 0.378 e. The number of aromatic nitrogens is 1. The Labute approximate surface area is 148 Å². The van der Waals surface area contributed by atoms with E-state index in [9.17, 15) is 18.7 Å². The maximum atomic E-state index is 13.8. The Morgan fingerprint density at radius 3 is 2.88 bits per heavy atom. The lowest BCUT2D eigenvalue weighted by Crippen LogP contribution is -2.38. The summed E-state index contributed by atoms with van der Waals surface area (Å²) in [7, 11) is 0. The highest BCUT2D eigenvalue weighted by Crippen LogP contribution is 2.22. The molecule has 134 valence electrons. The summed E-state index contributed by atoms with van der Waals surface area (Å²) in [6.07, 6.45) is 0.814. The molecule has 2 aromatic rings. The molecule has 5 nitrogen and oxygen atoms in total. The Bertz CT molecular complexity index is 727. The Kier molecular flexibility index (Phi) is 5.72. The van der Waals surface area contributed by atoms with Gasteiger partial charge in [-0.1, -0.05) is 12.1 Å². The molecular weight excluding hydrogens is 348 g/mol. The van der Waals surface area contributed by atoms with Crippen molar-refractivity contribution in [3.8, 4) is 0 Å². The first-order chi connectivity index (χ1) is 12.1. The van der Waals surface area contributed by atoms with Crippen LogP contribution in [0.4, 0.5) is 8.78 Å². The van der Waals surface area contributed by atoms with E-state index in [1.165, 1.54) is 17.0 Å². The summed E-state index contributed by atoms with van der Waals surface area (Å²) < 4.78 is 27.1. The normalized spacial score (nSPS) is 17.3. The second kappa shape index (κ2) is 7.99. The standard InChI is InChI=1S/C17H19F2N3O2S/c18-13-4-1-3-12(15(13)19)16(23)17(24)22-7-2-6-21(8-9-22)11-14-20-5-10-25-14/h1,3-5,10,16,23H,2,6-9,11H2. The number of rotatable bonds is 4. The number of nitrogens with zero attached hydrogens (tertiary/aromatic N) is 3. The Morgan fingerprint density at radius 1 is 1.28 bits per heavy atom. The van der Waals surface area contributed by atoms with Gasteiger partial charge in [-0.15, -0.1) is 11.3 Å². The van der Waals surface area contributed by atoms with Gasteiger partial charge in [0.1, 0.15) is 5.01 Å². The van der Waals surface area contributed by atoms with Gasteiger partial charge >= 0.3 is 0 Å². The molecule has 0 spiro atoms. The molecule has 1 aromatic heterocycles. The highest BCUT2D eigenvalue weighted by molar-refractivity contribution is 7.09. The highest BCUT2D eigenvalue weighted by Gasteiger charge is 2.28. The van der Waals surface area contributed by atoms with E-state index in [0.29, 0.717) is 19.6 Å².